The fraction of sp³-hybridized carbons (Fsp3) is 0.833. The molecule has 0 amide bonds. The third-order valence-corrected chi connectivity index (χ3v) is 0.0645. The van der Waals surface area contributed by atoms with Gasteiger partial charge in [-0.3, -0.25) is 0 Å². The fourth-order valence-electron chi connectivity index (χ4n) is 0. The minimum absolute atomic E-state index is 0.625. The molecule has 0 aliphatic heterocycles. The van der Waals surface area contributed by atoms with Crippen molar-refractivity contribution < 1.29 is 9.59 Å². The van der Waals surface area contributed by atoms with Crippen LogP contribution in [0.2, 0.25) is 0 Å². The van der Waals surface area contributed by atoms with Gasteiger partial charge in [0.25, 0.3) is 0 Å². The molecule has 0 aromatic carbocycles. The zero-order valence-electron chi connectivity index (χ0n) is 6.51. The van der Waals surface area contributed by atoms with E-state index in [9.17, 15) is 0 Å². The molecule has 0 bridgehead atoms. The molecule has 0 aliphatic rings. The fourth-order valence-corrected chi connectivity index (χ4v) is 0. The molecule has 3 nitrogen and oxygen atoms in total. The van der Waals surface area contributed by atoms with E-state index in [1.807, 2.05) is 0 Å². The average molecular weight is 130 g/mol. The summed E-state index contributed by atoms with van der Waals surface area (Å²) in [6.45, 7) is -0.625. The molecule has 0 N–H and O–H groups in total. The quantitative estimate of drug-likeness (QED) is 0.403. The van der Waals surface area contributed by atoms with Gasteiger partial charge in [-0.1, -0.05) is 0 Å². The Hall–Kier alpha value is -0.590. The van der Waals surface area contributed by atoms with Crippen LogP contribution in [0.15, 0.2) is 0 Å². The van der Waals surface area contributed by atoms with E-state index in [1.54, 1.807) is 0 Å². The summed E-state index contributed by atoms with van der Waals surface area (Å²) in [6, 6.07) is 1.38. The highest BCUT2D eigenvalue weighted by atomic mass is 16.2. The van der Waals surface area contributed by atoms with Gasteiger partial charge in [0.15, 0.2) is 0 Å². The van der Waals surface area contributed by atoms with Gasteiger partial charge in [-0.2, -0.15) is 5.26 Å². The van der Waals surface area contributed by atoms with Gasteiger partial charge in [0.1, 0.15) is 0 Å². The predicted octanol–water partition coefficient (Wildman–Crippen LogP) is -0.807. The minimum Gasteiger partial charge on any atom is -0.844 e. The van der Waals surface area contributed by atoms with Crippen LogP contribution in [0.5, 0.6) is 0 Å². The average Bonchev–Trinajstić information content (AvgIpc) is 1.61. The maximum atomic E-state index is 8.94. The van der Waals surface area contributed by atoms with Crippen LogP contribution < -0.4 is 5.11 Å². The van der Waals surface area contributed by atoms with Crippen molar-refractivity contribution in [2.24, 2.45) is 0 Å². The zero-order chi connectivity index (χ0) is 7.91. The van der Waals surface area contributed by atoms with Gasteiger partial charge in [-0.05, 0) is 6.61 Å². The summed E-state index contributed by atoms with van der Waals surface area (Å²) < 4.78 is 1.00. The molecule has 0 spiro atoms. The molecule has 0 fully saturated rings. The van der Waals surface area contributed by atoms with Crippen molar-refractivity contribution in [2.45, 2.75) is 0 Å². The van der Waals surface area contributed by atoms with Crippen molar-refractivity contribution in [1.82, 2.24) is 0 Å². The van der Waals surface area contributed by atoms with E-state index in [-0.39, 0.29) is 0 Å². The lowest BCUT2D eigenvalue weighted by Gasteiger charge is -2.14. The third kappa shape index (κ3) is 1290. The highest BCUT2D eigenvalue weighted by Crippen LogP contribution is 1.73. The van der Waals surface area contributed by atoms with Gasteiger partial charge in [-0.15, -0.1) is 0 Å². The summed E-state index contributed by atoms with van der Waals surface area (Å²) in [5, 5.41) is 16.2. The number of hydrogen-bond donors (Lipinski definition) is 0. The number of quaternary nitrogens is 1. The van der Waals surface area contributed by atoms with Gasteiger partial charge >= 0.3 is 0 Å². The first-order chi connectivity index (χ1) is 3.91. The van der Waals surface area contributed by atoms with Crippen LogP contribution in [0.25, 0.3) is 0 Å². The molecule has 0 atom stereocenters. The second-order valence-electron chi connectivity index (χ2n) is 2.99. The molecule has 9 heavy (non-hydrogen) atoms. The van der Waals surface area contributed by atoms with E-state index in [0.717, 1.165) is 4.48 Å². The number of nitrogens with zero attached hydrogens (tertiary/aromatic N) is 2. The second-order valence-corrected chi connectivity index (χ2v) is 2.99. The van der Waals surface area contributed by atoms with Crippen LogP contribution >= 0.6 is 0 Å². The van der Waals surface area contributed by atoms with E-state index >= 15 is 0 Å². The Labute approximate surface area is 56.7 Å². The van der Waals surface area contributed by atoms with Gasteiger partial charge in [0, 0.05) is 6.07 Å². The molecule has 0 heterocycles. The Balaban J connectivity index is 0. The van der Waals surface area contributed by atoms with E-state index in [1.165, 1.54) is 6.07 Å². The van der Waals surface area contributed by atoms with E-state index in [0.29, 0.717) is 0 Å². The molecule has 0 aromatic rings. The first-order valence-corrected chi connectivity index (χ1v) is 2.65. The number of nitriles is 1. The van der Waals surface area contributed by atoms with Crippen molar-refractivity contribution in [1.29, 1.82) is 5.26 Å². The standard InChI is InChI=1S/C4H12N.C2H2NO/c1-5(2,3)4;3-1-2-4/h1-4H3;2H2/q+1;-1. The van der Waals surface area contributed by atoms with Gasteiger partial charge < -0.3 is 9.59 Å². The first-order valence-electron chi connectivity index (χ1n) is 2.65. The highest BCUT2D eigenvalue weighted by Gasteiger charge is 1.88. The Morgan fingerprint density at radius 3 is 1.44 bits per heavy atom. The topological polar surface area (TPSA) is 46.8 Å². The molecule has 0 rings (SSSR count). The molecule has 0 radical (unpaired) electrons. The lowest BCUT2D eigenvalue weighted by atomic mass is 10.8. The van der Waals surface area contributed by atoms with E-state index < -0.39 is 6.61 Å². The summed E-state index contributed by atoms with van der Waals surface area (Å²) in [4.78, 5) is 0. The molecular weight excluding hydrogens is 116 g/mol. The summed E-state index contributed by atoms with van der Waals surface area (Å²) in [6.07, 6.45) is 0. The van der Waals surface area contributed by atoms with Crippen molar-refractivity contribution >= 4 is 0 Å². The Kier molecular flexibility index (Phi) is 6.92. The Morgan fingerprint density at radius 1 is 1.33 bits per heavy atom. The van der Waals surface area contributed by atoms with Crippen molar-refractivity contribution in [3.63, 3.8) is 0 Å². The predicted molar refractivity (Wildman–Crippen MR) is 34.4 cm³/mol. The molecule has 54 valence electrons. The van der Waals surface area contributed by atoms with Crippen molar-refractivity contribution in [2.75, 3.05) is 34.8 Å². The maximum absolute atomic E-state index is 8.94. The normalized spacial score (nSPS) is 8.89. The lowest BCUT2D eigenvalue weighted by Crippen LogP contribution is -2.27. The monoisotopic (exact) mass is 130 g/mol. The van der Waals surface area contributed by atoms with Gasteiger partial charge in [0.05, 0.1) is 28.2 Å². The Bertz CT molecular complexity index is 82.2. The third-order valence-electron chi connectivity index (χ3n) is 0.0645. The molecule has 0 unspecified atom stereocenters. The van der Waals surface area contributed by atoms with Crippen molar-refractivity contribution in [3.8, 4) is 6.07 Å². The minimum atomic E-state index is -0.625. The summed E-state index contributed by atoms with van der Waals surface area (Å²) in [7, 11) is 8.50. The van der Waals surface area contributed by atoms with Crippen LogP contribution in [0.1, 0.15) is 0 Å². The molecule has 0 saturated carbocycles. The summed E-state index contributed by atoms with van der Waals surface area (Å²) in [5.41, 5.74) is 0. The molecule has 0 saturated heterocycles. The SMILES string of the molecule is C[N+](C)(C)C.N#CC[O-]. The Morgan fingerprint density at radius 2 is 1.44 bits per heavy atom. The smallest absolute Gasteiger partial charge is 0.0675 e. The summed E-state index contributed by atoms with van der Waals surface area (Å²) in [5.74, 6) is 0. The zero-order valence-corrected chi connectivity index (χ0v) is 6.51. The van der Waals surface area contributed by atoms with Crippen molar-refractivity contribution in [3.05, 3.63) is 0 Å². The van der Waals surface area contributed by atoms with Crippen LogP contribution in [0.4, 0.5) is 0 Å². The maximum Gasteiger partial charge on any atom is 0.0675 e. The van der Waals surface area contributed by atoms with Crippen LogP contribution in [-0.4, -0.2) is 39.3 Å². The number of hydrogen-bond acceptors (Lipinski definition) is 2. The van der Waals surface area contributed by atoms with E-state index in [2.05, 4.69) is 28.2 Å². The van der Waals surface area contributed by atoms with Crippen LogP contribution in [0, 0.1) is 11.3 Å². The van der Waals surface area contributed by atoms with Gasteiger partial charge in [-0.25, -0.2) is 0 Å². The summed E-state index contributed by atoms with van der Waals surface area (Å²) >= 11 is 0. The van der Waals surface area contributed by atoms with E-state index in [4.69, 9.17) is 10.4 Å². The van der Waals surface area contributed by atoms with Gasteiger partial charge in [0.2, 0.25) is 0 Å². The molecule has 3 heteroatoms. The highest BCUT2D eigenvalue weighted by molar-refractivity contribution is 4.61. The number of rotatable bonds is 0. The first kappa shape index (κ1) is 11.2. The largest absolute Gasteiger partial charge is 0.844 e. The van der Waals surface area contributed by atoms with Crippen LogP contribution in [-0.2, 0) is 0 Å². The second kappa shape index (κ2) is 5.54. The van der Waals surface area contributed by atoms with Crippen LogP contribution in [0.3, 0.4) is 0 Å². The molecule has 0 aromatic heterocycles. The lowest BCUT2D eigenvalue weighted by molar-refractivity contribution is -0.849. The molecular formula is C6H14N2O. The molecule has 0 aliphatic carbocycles.